The summed E-state index contributed by atoms with van der Waals surface area (Å²) >= 11 is 0. The Bertz CT molecular complexity index is 744. The van der Waals surface area contributed by atoms with Crippen LogP contribution in [0, 0.1) is 6.92 Å². The second-order valence-corrected chi connectivity index (χ2v) is 3.81. The number of rotatable bonds is 2. The quantitative estimate of drug-likeness (QED) is 0.709. The summed E-state index contributed by atoms with van der Waals surface area (Å²) in [5.41, 5.74) is 1.65. The summed E-state index contributed by atoms with van der Waals surface area (Å²) in [5, 5.41) is 12.7. The van der Waals surface area contributed by atoms with Crippen LogP contribution in [0.25, 0.3) is 22.7 Å². The lowest BCUT2D eigenvalue weighted by molar-refractivity contribution is 0.0696. The minimum absolute atomic E-state index is 0.106. The summed E-state index contributed by atoms with van der Waals surface area (Å²) in [6.07, 6.45) is 1.27. The Balaban J connectivity index is 2.13. The molecule has 0 bridgehead atoms. The molecule has 0 saturated heterocycles. The molecule has 0 radical (unpaired) electrons. The van der Waals surface area contributed by atoms with Gasteiger partial charge in [0, 0.05) is 12.3 Å². The van der Waals surface area contributed by atoms with Gasteiger partial charge in [-0.2, -0.15) is 0 Å². The molecule has 0 fully saturated rings. The molecule has 0 aliphatic rings. The zero-order chi connectivity index (χ0) is 12.7. The highest BCUT2D eigenvalue weighted by Gasteiger charge is 2.12. The minimum atomic E-state index is -1.03. The zero-order valence-corrected chi connectivity index (χ0v) is 9.34. The number of carboxylic acids is 1. The number of nitrogens with one attached hydrogen (secondary N) is 1. The summed E-state index contributed by atoms with van der Waals surface area (Å²) < 4.78 is 4.95. The van der Waals surface area contributed by atoms with Crippen molar-refractivity contribution >= 4 is 17.1 Å². The molecule has 7 nitrogen and oxygen atoms in total. The molecule has 3 aromatic rings. The van der Waals surface area contributed by atoms with Gasteiger partial charge in [0.1, 0.15) is 11.5 Å². The van der Waals surface area contributed by atoms with Crippen LogP contribution >= 0.6 is 0 Å². The molecule has 0 saturated carbocycles. The number of aromatic carboxylic acids is 1. The topological polar surface area (TPSA) is 105 Å². The van der Waals surface area contributed by atoms with Crippen molar-refractivity contribution in [3.8, 4) is 11.5 Å². The van der Waals surface area contributed by atoms with Gasteiger partial charge in [0.15, 0.2) is 11.5 Å². The van der Waals surface area contributed by atoms with Crippen LogP contribution < -0.4 is 0 Å². The average Bonchev–Trinajstić information content (AvgIpc) is 2.93. The number of imidazole rings is 1. The Morgan fingerprint density at radius 2 is 2.28 bits per heavy atom. The van der Waals surface area contributed by atoms with Crippen LogP contribution in [0.2, 0.25) is 0 Å². The smallest absolute Gasteiger partial charge is 0.337 e. The molecule has 0 aliphatic heterocycles. The lowest BCUT2D eigenvalue weighted by Gasteiger charge is -1.91. The van der Waals surface area contributed by atoms with Gasteiger partial charge in [0.05, 0.1) is 11.1 Å². The third kappa shape index (κ3) is 1.61. The highest BCUT2D eigenvalue weighted by atomic mass is 16.5. The largest absolute Gasteiger partial charge is 0.478 e. The average molecular weight is 244 g/mol. The predicted octanol–water partition coefficient (Wildman–Crippen LogP) is 1.62. The number of aryl methyl sites for hydroxylation is 1. The molecule has 3 rings (SSSR count). The highest BCUT2D eigenvalue weighted by molar-refractivity contribution is 5.91. The van der Waals surface area contributed by atoms with Crippen molar-refractivity contribution in [3.63, 3.8) is 0 Å². The highest BCUT2D eigenvalue weighted by Crippen LogP contribution is 2.19. The molecule has 7 heteroatoms. The third-order valence-corrected chi connectivity index (χ3v) is 2.45. The molecule has 3 aromatic heterocycles. The van der Waals surface area contributed by atoms with Gasteiger partial charge in [-0.05, 0) is 13.0 Å². The Hall–Kier alpha value is -2.70. The summed E-state index contributed by atoms with van der Waals surface area (Å²) in [6, 6.07) is 3.21. The Kier molecular flexibility index (Phi) is 2.12. The lowest BCUT2D eigenvalue weighted by Crippen LogP contribution is -1.96. The number of fused-ring (bicyclic) bond motifs is 1. The molecule has 2 N–H and O–H groups in total. The van der Waals surface area contributed by atoms with Crippen molar-refractivity contribution in [2.45, 2.75) is 6.92 Å². The van der Waals surface area contributed by atoms with E-state index in [0.717, 1.165) is 0 Å². The molecule has 0 unspecified atom stereocenters. The van der Waals surface area contributed by atoms with Crippen LogP contribution in [0.5, 0.6) is 0 Å². The predicted molar refractivity (Wildman–Crippen MR) is 61.1 cm³/mol. The van der Waals surface area contributed by atoms with Crippen LogP contribution in [0.3, 0.4) is 0 Å². The van der Waals surface area contributed by atoms with Crippen molar-refractivity contribution < 1.29 is 14.4 Å². The second-order valence-electron chi connectivity index (χ2n) is 3.81. The number of pyridine rings is 1. The molecular weight excluding hydrogens is 236 g/mol. The van der Waals surface area contributed by atoms with Crippen molar-refractivity contribution in [1.29, 1.82) is 0 Å². The van der Waals surface area contributed by atoms with E-state index in [0.29, 0.717) is 28.4 Å². The number of aromatic amines is 1. The van der Waals surface area contributed by atoms with Crippen LogP contribution in [0.1, 0.15) is 16.1 Å². The first-order valence-corrected chi connectivity index (χ1v) is 5.16. The van der Waals surface area contributed by atoms with E-state index in [1.54, 1.807) is 13.0 Å². The van der Waals surface area contributed by atoms with E-state index < -0.39 is 5.97 Å². The summed E-state index contributed by atoms with van der Waals surface area (Å²) in [7, 11) is 0. The molecular formula is C11H8N4O3. The molecule has 3 heterocycles. The van der Waals surface area contributed by atoms with Crippen molar-refractivity contribution in [2.75, 3.05) is 0 Å². The zero-order valence-electron chi connectivity index (χ0n) is 9.34. The lowest BCUT2D eigenvalue weighted by atomic mass is 10.3. The number of hydrogen-bond acceptors (Lipinski definition) is 5. The number of aromatic nitrogens is 4. The Morgan fingerprint density at radius 1 is 1.44 bits per heavy atom. The maximum atomic E-state index is 10.8. The van der Waals surface area contributed by atoms with Gasteiger partial charge >= 0.3 is 5.97 Å². The maximum Gasteiger partial charge on any atom is 0.337 e. The standard InChI is InChI=1S/C11H8N4O3/c1-5-2-8(15-18-5)10-13-7-3-6(11(16)17)4-12-9(7)14-10/h2-4H,1H3,(H,16,17)(H,12,13,14). The first-order chi connectivity index (χ1) is 8.63. The third-order valence-electron chi connectivity index (χ3n) is 2.45. The Morgan fingerprint density at radius 3 is 2.94 bits per heavy atom. The molecule has 18 heavy (non-hydrogen) atoms. The van der Waals surface area contributed by atoms with Gasteiger partial charge in [-0.15, -0.1) is 0 Å². The fourth-order valence-electron chi connectivity index (χ4n) is 1.62. The molecule has 0 aliphatic carbocycles. The van der Waals surface area contributed by atoms with Gasteiger partial charge in [-0.1, -0.05) is 5.16 Å². The van der Waals surface area contributed by atoms with Gasteiger partial charge in [0.2, 0.25) is 0 Å². The second kappa shape index (κ2) is 3.66. The fraction of sp³-hybridized carbons (Fsp3) is 0.0909. The van der Waals surface area contributed by atoms with Crippen molar-refractivity contribution in [1.82, 2.24) is 20.1 Å². The van der Waals surface area contributed by atoms with Crippen LogP contribution in [0.4, 0.5) is 0 Å². The van der Waals surface area contributed by atoms with E-state index in [2.05, 4.69) is 20.1 Å². The van der Waals surface area contributed by atoms with E-state index >= 15 is 0 Å². The molecule has 0 amide bonds. The van der Waals surface area contributed by atoms with E-state index in [-0.39, 0.29) is 5.56 Å². The van der Waals surface area contributed by atoms with Gasteiger partial charge < -0.3 is 14.6 Å². The van der Waals surface area contributed by atoms with E-state index in [1.807, 2.05) is 0 Å². The van der Waals surface area contributed by atoms with Gasteiger partial charge in [-0.3, -0.25) is 0 Å². The number of H-pyrrole nitrogens is 1. The Labute approximate surface area is 100 Å². The summed E-state index contributed by atoms with van der Waals surface area (Å²) in [5.74, 6) is 0.138. The van der Waals surface area contributed by atoms with Crippen LogP contribution in [-0.2, 0) is 0 Å². The first kappa shape index (κ1) is 10.5. The van der Waals surface area contributed by atoms with Gasteiger partial charge in [0.25, 0.3) is 0 Å². The summed E-state index contributed by atoms with van der Waals surface area (Å²) in [4.78, 5) is 22.0. The van der Waals surface area contributed by atoms with E-state index in [4.69, 9.17) is 9.63 Å². The van der Waals surface area contributed by atoms with Crippen LogP contribution in [0.15, 0.2) is 22.9 Å². The maximum absolute atomic E-state index is 10.8. The number of carboxylic acid groups (broad SMARTS) is 1. The SMILES string of the molecule is Cc1cc(-c2nc3ncc(C(=O)O)cc3[nH]2)no1. The van der Waals surface area contributed by atoms with E-state index in [1.165, 1.54) is 12.3 Å². The fourth-order valence-corrected chi connectivity index (χ4v) is 1.62. The number of nitrogens with zero attached hydrogens (tertiary/aromatic N) is 3. The number of hydrogen-bond donors (Lipinski definition) is 2. The monoisotopic (exact) mass is 244 g/mol. The minimum Gasteiger partial charge on any atom is -0.478 e. The normalized spacial score (nSPS) is 10.9. The van der Waals surface area contributed by atoms with Gasteiger partial charge in [-0.25, -0.2) is 14.8 Å². The molecule has 90 valence electrons. The molecule has 0 aromatic carbocycles. The number of carbonyl (C=O) groups is 1. The van der Waals surface area contributed by atoms with Crippen molar-refractivity contribution in [2.24, 2.45) is 0 Å². The summed E-state index contributed by atoms with van der Waals surface area (Å²) in [6.45, 7) is 1.78. The van der Waals surface area contributed by atoms with Crippen LogP contribution in [-0.4, -0.2) is 31.2 Å². The first-order valence-electron chi connectivity index (χ1n) is 5.16. The van der Waals surface area contributed by atoms with E-state index in [9.17, 15) is 4.79 Å². The van der Waals surface area contributed by atoms with Crippen molar-refractivity contribution in [3.05, 3.63) is 29.7 Å². The molecule has 0 atom stereocenters. The molecule has 0 spiro atoms.